The zero-order valence-electron chi connectivity index (χ0n) is 9.19. The molecule has 4 heteroatoms. The molecule has 1 rings (SSSR count). The van der Waals surface area contributed by atoms with Crippen LogP contribution in [0.25, 0.3) is 0 Å². The van der Waals surface area contributed by atoms with Crippen molar-refractivity contribution in [1.82, 2.24) is 4.90 Å². The lowest BCUT2D eigenvalue weighted by Gasteiger charge is -2.29. The normalized spacial score (nSPS) is 22.5. The summed E-state index contributed by atoms with van der Waals surface area (Å²) in [5.74, 6) is 0. The fourth-order valence-electron chi connectivity index (χ4n) is 1.78. The van der Waals surface area contributed by atoms with Crippen molar-refractivity contribution in [2.75, 3.05) is 32.8 Å². The van der Waals surface area contributed by atoms with E-state index < -0.39 is 0 Å². The predicted molar refractivity (Wildman–Crippen MR) is 57.3 cm³/mol. The van der Waals surface area contributed by atoms with Crippen LogP contribution in [0, 0.1) is 11.3 Å². The van der Waals surface area contributed by atoms with Gasteiger partial charge in [0.1, 0.15) is 0 Å². The van der Waals surface area contributed by atoms with Crippen LogP contribution in [-0.2, 0) is 4.74 Å². The Bertz CT molecular complexity index is 203. The summed E-state index contributed by atoms with van der Waals surface area (Å²) in [5, 5.41) is 17.3. The minimum atomic E-state index is -0.240. The number of hydrogen-bond donors (Lipinski definition) is 1. The summed E-state index contributed by atoms with van der Waals surface area (Å²) in [6.07, 6.45) is 4.08. The molecule has 86 valence electrons. The van der Waals surface area contributed by atoms with Crippen molar-refractivity contribution in [2.24, 2.45) is 0 Å². The van der Waals surface area contributed by atoms with Crippen molar-refractivity contribution in [3.63, 3.8) is 0 Å². The third-order valence-electron chi connectivity index (χ3n) is 2.68. The Morgan fingerprint density at radius 3 is 2.87 bits per heavy atom. The van der Waals surface area contributed by atoms with Crippen LogP contribution in [0.3, 0.4) is 0 Å². The maximum atomic E-state index is 8.72. The third-order valence-corrected chi connectivity index (χ3v) is 2.68. The summed E-state index contributed by atoms with van der Waals surface area (Å²) in [6, 6.07) is 2.15. The molecule has 1 fully saturated rings. The van der Waals surface area contributed by atoms with E-state index in [-0.39, 0.29) is 6.10 Å². The second-order valence-electron chi connectivity index (χ2n) is 3.93. The van der Waals surface area contributed by atoms with Gasteiger partial charge in [0.15, 0.2) is 6.10 Å². The Kier molecular flexibility index (Phi) is 6.33. The molecule has 0 bridgehead atoms. The van der Waals surface area contributed by atoms with E-state index in [0.717, 1.165) is 45.3 Å². The Morgan fingerprint density at radius 1 is 1.33 bits per heavy atom. The van der Waals surface area contributed by atoms with Gasteiger partial charge in [-0.05, 0) is 19.4 Å². The second-order valence-corrected chi connectivity index (χ2v) is 3.93. The minimum absolute atomic E-state index is 0.240. The minimum Gasteiger partial charge on any atom is -0.396 e. The van der Waals surface area contributed by atoms with Gasteiger partial charge in [0.05, 0.1) is 12.7 Å². The number of aliphatic hydroxyl groups is 1. The average molecular weight is 212 g/mol. The van der Waals surface area contributed by atoms with Gasteiger partial charge >= 0.3 is 0 Å². The summed E-state index contributed by atoms with van der Waals surface area (Å²) < 4.78 is 5.27. The van der Waals surface area contributed by atoms with E-state index in [0.29, 0.717) is 13.2 Å². The van der Waals surface area contributed by atoms with Gasteiger partial charge in [0.25, 0.3) is 0 Å². The molecular weight excluding hydrogens is 192 g/mol. The molecule has 0 amide bonds. The van der Waals surface area contributed by atoms with Crippen LogP contribution in [0.15, 0.2) is 0 Å². The fourth-order valence-corrected chi connectivity index (χ4v) is 1.78. The Balaban J connectivity index is 2.03. The van der Waals surface area contributed by atoms with Crippen LogP contribution < -0.4 is 0 Å². The highest BCUT2D eigenvalue weighted by Crippen LogP contribution is 2.07. The summed E-state index contributed by atoms with van der Waals surface area (Å²) in [7, 11) is 0. The van der Waals surface area contributed by atoms with Gasteiger partial charge in [-0.1, -0.05) is 12.8 Å². The summed E-state index contributed by atoms with van der Waals surface area (Å²) in [5.41, 5.74) is 0. The Morgan fingerprint density at radius 2 is 2.13 bits per heavy atom. The van der Waals surface area contributed by atoms with Crippen LogP contribution in [0.1, 0.15) is 25.7 Å². The van der Waals surface area contributed by atoms with Gasteiger partial charge in [-0.3, -0.25) is 4.90 Å². The third kappa shape index (κ3) is 5.12. The molecule has 1 heterocycles. The number of nitrogens with zero attached hydrogens (tertiary/aromatic N) is 2. The van der Waals surface area contributed by atoms with Crippen LogP contribution >= 0.6 is 0 Å². The van der Waals surface area contributed by atoms with E-state index in [9.17, 15) is 0 Å². The molecular formula is C11H20N2O2. The first kappa shape index (κ1) is 12.4. The van der Waals surface area contributed by atoms with Crippen molar-refractivity contribution < 1.29 is 9.84 Å². The number of unbranched alkanes of at least 4 members (excludes halogenated alkanes) is 3. The quantitative estimate of drug-likeness (QED) is 0.660. The maximum absolute atomic E-state index is 8.72. The zero-order chi connectivity index (χ0) is 10.9. The van der Waals surface area contributed by atoms with E-state index >= 15 is 0 Å². The monoisotopic (exact) mass is 212 g/mol. The van der Waals surface area contributed by atoms with Crippen LogP contribution in [-0.4, -0.2) is 49.0 Å². The molecule has 4 nitrogen and oxygen atoms in total. The molecule has 1 N–H and O–H groups in total. The molecule has 0 radical (unpaired) electrons. The van der Waals surface area contributed by atoms with Crippen molar-refractivity contribution in [2.45, 2.75) is 31.8 Å². The molecule has 0 aromatic heterocycles. The molecule has 15 heavy (non-hydrogen) atoms. The number of aliphatic hydroxyl groups excluding tert-OH is 1. The molecule has 1 aliphatic rings. The average Bonchev–Trinajstić information content (AvgIpc) is 2.29. The molecule has 1 saturated heterocycles. The Hall–Kier alpha value is -0.630. The van der Waals surface area contributed by atoms with Crippen molar-refractivity contribution in [1.29, 1.82) is 5.26 Å². The first-order valence-electron chi connectivity index (χ1n) is 5.71. The van der Waals surface area contributed by atoms with Gasteiger partial charge in [-0.15, -0.1) is 0 Å². The van der Waals surface area contributed by atoms with Gasteiger partial charge in [0.2, 0.25) is 0 Å². The number of ether oxygens (including phenoxy) is 1. The predicted octanol–water partition coefficient (Wildman–Crippen LogP) is 0.763. The number of nitriles is 1. The van der Waals surface area contributed by atoms with Crippen molar-refractivity contribution in [3.05, 3.63) is 0 Å². The molecule has 0 saturated carbocycles. The summed E-state index contributed by atoms with van der Waals surface area (Å²) >= 11 is 0. The van der Waals surface area contributed by atoms with Crippen LogP contribution in [0.2, 0.25) is 0 Å². The second kappa shape index (κ2) is 7.63. The standard InChI is InChI=1S/C11H20N2O2/c12-9-11-10-13(6-8-15-11)5-3-1-2-4-7-14/h11,14H,1-8,10H2. The van der Waals surface area contributed by atoms with E-state index in [1.807, 2.05) is 0 Å². The van der Waals surface area contributed by atoms with Crippen LogP contribution in [0.4, 0.5) is 0 Å². The molecule has 0 aromatic carbocycles. The molecule has 0 aromatic rings. The molecule has 1 aliphatic heterocycles. The Labute approximate surface area is 91.4 Å². The van der Waals surface area contributed by atoms with Crippen LogP contribution in [0.5, 0.6) is 0 Å². The van der Waals surface area contributed by atoms with E-state index in [4.69, 9.17) is 15.1 Å². The highest BCUT2D eigenvalue weighted by Gasteiger charge is 2.18. The van der Waals surface area contributed by atoms with Crippen molar-refractivity contribution in [3.8, 4) is 6.07 Å². The van der Waals surface area contributed by atoms with E-state index in [2.05, 4.69) is 11.0 Å². The highest BCUT2D eigenvalue weighted by atomic mass is 16.5. The first-order chi connectivity index (χ1) is 7.36. The van der Waals surface area contributed by atoms with Crippen molar-refractivity contribution >= 4 is 0 Å². The summed E-state index contributed by atoms with van der Waals surface area (Å²) in [4.78, 5) is 2.29. The molecule has 0 aliphatic carbocycles. The van der Waals surface area contributed by atoms with E-state index in [1.165, 1.54) is 0 Å². The lowest BCUT2D eigenvalue weighted by molar-refractivity contribution is 0.0000190. The fraction of sp³-hybridized carbons (Fsp3) is 0.909. The lowest BCUT2D eigenvalue weighted by Crippen LogP contribution is -2.42. The van der Waals surface area contributed by atoms with Gasteiger partial charge in [0, 0.05) is 19.7 Å². The molecule has 1 atom stereocenters. The van der Waals surface area contributed by atoms with Gasteiger partial charge in [-0.2, -0.15) is 5.26 Å². The number of morpholine rings is 1. The first-order valence-corrected chi connectivity index (χ1v) is 5.71. The molecule has 0 spiro atoms. The smallest absolute Gasteiger partial charge is 0.156 e. The maximum Gasteiger partial charge on any atom is 0.156 e. The van der Waals surface area contributed by atoms with E-state index in [1.54, 1.807) is 0 Å². The number of hydrogen-bond acceptors (Lipinski definition) is 4. The molecule has 1 unspecified atom stereocenters. The number of rotatable bonds is 6. The summed E-state index contributed by atoms with van der Waals surface area (Å²) in [6.45, 7) is 3.71. The van der Waals surface area contributed by atoms with Gasteiger partial charge in [-0.25, -0.2) is 0 Å². The lowest BCUT2D eigenvalue weighted by atomic mass is 10.2. The zero-order valence-corrected chi connectivity index (χ0v) is 9.19. The topological polar surface area (TPSA) is 56.5 Å². The van der Waals surface area contributed by atoms with Gasteiger partial charge < -0.3 is 9.84 Å². The largest absolute Gasteiger partial charge is 0.396 e. The highest BCUT2D eigenvalue weighted by molar-refractivity contribution is 4.89. The SMILES string of the molecule is N#CC1CN(CCCCCCO)CCO1.